The number of morpholine rings is 1. The molecular weight excluding hydrogens is 240 g/mol. The summed E-state index contributed by atoms with van der Waals surface area (Å²) < 4.78 is 5.66. The number of hydrogen-bond acceptors (Lipinski definition) is 3. The zero-order valence-corrected chi connectivity index (χ0v) is 11.8. The Balaban J connectivity index is 1.89. The van der Waals surface area contributed by atoms with Gasteiger partial charge in [-0.3, -0.25) is 9.69 Å². The highest BCUT2D eigenvalue weighted by atomic mass is 16.5. The van der Waals surface area contributed by atoms with E-state index in [2.05, 4.69) is 10.2 Å². The van der Waals surface area contributed by atoms with E-state index in [9.17, 15) is 4.79 Å². The summed E-state index contributed by atoms with van der Waals surface area (Å²) in [7, 11) is 0. The molecule has 0 bridgehead atoms. The number of benzene rings is 1. The highest BCUT2D eigenvalue weighted by Gasteiger charge is 2.23. The molecule has 1 aromatic rings. The average molecular weight is 262 g/mol. The lowest BCUT2D eigenvalue weighted by atomic mass is 10.2. The van der Waals surface area contributed by atoms with Gasteiger partial charge in [0.1, 0.15) is 0 Å². The first-order valence-electron chi connectivity index (χ1n) is 6.78. The molecule has 1 heterocycles. The zero-order chi connectivity index (χ0) is 13.8. The Morgan fingerprint density at radius 2 is 1.95 bits per heavy atom. The number of rotatable bonds is 3. The van der Waals surface area contributed by atoms with Crippen LogP contribution in [-0.2, 0) is 9.53 Å². The number of nitrogens with zero attached hydrogens (tertiary/aromatic N) is 1. The van der Waals surface area contributed by atoms with E-state index in [1.54, 1.807) is 0 Å². The lowest BCUT2D eigenvalue weighted by molar-refractivity contribution is -0.121. The molecule has 4 nitrogen and oxygen atoms in total. The summed E-state index contributed by atoms with van der Waals surface area (Å²) in [6.07, 6.45) is 0.380. The molecule has 0 aliphatic carbocycles. The fraction of sp³-hybridized carbons (Fsp3) is 0.533. The summed E-state index contributed by atoms with van der Waals surface area (Å²) in [5, 5.41) is 2.97. The smallest absolute Gasteiger partial charge is 0.238 e. The van der Waals surface area contributed by atoms with Gasteiger partial charge in [-0.2, -0.15) is 0 Å². The van der Waals surface area contributed by atoms with Gasteiger partial charge < -0.3 is 10.1 Å². The summed E-state index contributed by atoms with van der Waals surface area (Å²) >= 11 is 0. The highest BCUT2D eigenvalue weighted by Crippen LogP contribution is 2.14. The van der Waals surface area contributed by atoms with Crippen molar-refractivity contribution in [2.24, 2.45) is 0 Å². The number of nitrogens with one attached hydrogen (secondary N) is 1. The Morgan fingerprint density at radius 1 is 1.32 bits per heavy atom. The molecule has 1 amide bonds. The second kappa shape index (κ2) is 6.17. The minimum absolute atomic E-state index is 0.0376. The summed E-state index contributed by atoms with van der Waals surface area (Å²) in [5.74, 6) is 0.0376. The van der Waals surface area contributed by atoms with Crippen LogP contribution in [0.2, 0.25) is 0 Å². The normalized spacial score (nSPS) is 24.2. The van der Waals surface area contributed by atoms with Gasteiger partial charge in [-0.05, 0) is 32.4 Å². The van der Waals surface area contributed by atoms with Crippen LogP contribution in [0.3, 0.4) is 0 Å². The van der Waals surface area contributed by atoms with Crippen LogP contribution in [0.5, 0.6) is 0 Å². The Bertz CT molecular complexity index is 438. The number of para-hydroxylation sites is 1. The van der Waals surface area contributed by atoms with Gasteiger partial charge in [-0.25, -0.2) is 0 Å². The van der Waals surface area contributed by atoms with E-state index in [4.69, 9.17) is 4.74 Å². The molecule has 0 spiro atoms. The lowest BCUT2D eigenvalue weighted by Gasteiger charge is -2.34. The van der Waals surface area contributed by atoms with Crippen LogP contribution in [0, 0.1) is 6.92 Å². The third kappa shape index (κ3) is 4.04. The van der Waals surface area contributed by atoms with E-state index in [0.717, 1.165) is 24.3 Å². The van der Waals surface area contributed by atoms with Gasteiger partial charge in [0, 0.05) is 18.8 Å². The number of ether oxygens (including phenoxy) is 1. The number of carbonyl (C=O) groups is 1. The molecule has 0 saturated carbocycles. The average Bonchev–Trinajstić information content (AvgIpc) is 2.30. The van der Waals surface area contributed by atoms with Gasteiger partial charge in [-0.1, -0.05) is 18.2 Å². The number of hydrogen-bond donors (Lipinski definition) is 1. The highest BCUT2D eigenvalue weighted by molar-refractivity contribution is 5.92. The number of carbonyl (C=O) groups excluding carboxylic acids is 1. The van der Waals surface area contributed by atoms with E-state index < -0.39 is 0 Å². The first kappa shape index (κ1) is 14.0. The standard InChI is InChI=1S/C15H22N2O2/c1-11-6-4-5-7-14(11)16-15(18)10-17-8-12(2)19-13(3)9-17/h4-7,12-13H,8-10H2,1-3H3,(H,16,18)/t12-,13-/m0/s1. The van der Waals surface area contributed by atoms with Crippen LogP contribution in [0.15, 0.2) is 24.3 Å². The van der Waals surface area contributed by atoms with Crippen molar-refractivity contribution in [2.75, 3.05) is 25.0 Å². The van der Waals surface area contributed by atoms with Gasteiger partial charge in [0.2, 0.25) is 5.91 Å². The van der Waals surface area contributed by atoms with E-state index in [0.29, 0.717) is 6.54 Å². The fourth-order valence-corrected chi connectivity index (χ4v) is 2.52. The molecule has 1 fully saturated rings. The zero-order valence-electron chi connectivity index (χ0n) is 11.8. The molecular formula is C15H22N2O2. The van der Waals surface area contributed by atoms with Crippen molar-refractivity contribution in [3.63, 3.8) is 0 Å². The van der Waals surface area contributed by atoms with Crippen molar-refractivity contribution >= 4 is 11.6 Å². The second-order valence-electron chi connectivity index (χ2n) is 5.31. The van der Waals surface area contributed by atoms with Gasteiger partial charge in [0.25, 0.3) is 0 Å². The third-order valence-electron chi connectivity index (χ3n) is 3.28. The molecule has 0 aromatic heterocycles. The minimum Gasteiger partial charge on any atom is -0.373 e. The maximum atomic E-state index is 12.1. The number of amides is 1. The van der Waals surface area contributed by atoms with E-state index in [1.165, 1.54) is 0 Å². The van der Waals surface area contributed by atoms with Crippen molar-refractivity contribution < 1.29 is 9.53 Å². The van der Waals surface area contributed by atoms with Gasteiger partial charge >= 0.3 is 0 Å². The SMILES string of the molecule is Cc1ccccc1NC(=O)CN1C[C@H](C)O[C@@H](C)C1. The Hall–Kier alpha value is -1.39. The predicted molar refractivity (Wildman–Crippen MR) is 76.3 cm³/mol. The molecule has 1 N–H and O–H groups in total. The first-order valence-corrected chi connectivity index (χ1v) is 6.78. The van der Waals surface area contributed by atoms with Crippen molar-refractivity contribution in [3.05, 3.63) is 29.8 Å². The molecule has 0 unspecified atom stereocenters. The van der Waals surface area contributed by atoms with Gasteiger partial charge in [0.05, 0.1) is 18.8 Å². The maximum Gasteiger partial charge on any atom is 0.238 e. The lowest BCUT2D eigenvalue weighted by Crippen LogP contribution is -2.48. The van der Waals surface area contributed by atoms with Crippen LogP contribution in [0.1, 0.15) is 19.4 Å². The van der Waals surface area contributed by atoms with E-state index >= 15 is 0 Å². The Labute approximate surface area is 114 Å². The molecule has 104 valence electrons. The molecule has 2 atom stereocenters. The van der Waals surface area contributed by atoms with E-state index in [-0.39, 0.29) is 18.1 Å². The largest absolute Gasteiger partial charge is 0.373 e. The van der Waals surface area contributed by atoms with Gasteiger partial charge in [0.15, 0.2) is 0 Å². The number of aryl methyl sites for hydroxylation is 1. The maximum absolute atomic E-state index is 12.1. The monoisotopic (exact) mass is 262 g/mol. The summed E-state index contributed by atoms with van der Waals surface area (Å²) in [6.45, 7) is 8.13. The summed E-state index contributed by atoms with van der Waals surface area (Å²) in [5.41, 5.74) is 1.97. The van der Waals surface area contributed by atoms with Crippen molar-refractivity contribution in [3.8, 4) is 0 Å². The Morgan fingerprint density at radius 3 is 2.58 bits per heavy atom. The molecule has 19 heavy (non-hydrogen) atoms. The van der Waals surface area contributed by atoms with Crippen LogP contribution in [-0.4, -0.2) is 42.6 Å². The number of anilines is 1. The van der Waals surface area contributed by atoms with Gasteiger partial charge in [-0.15, -0.1) is 0 Å². The second-order valence-corrected chi connectivity index (χ2v) is 5.31. The molecule has 1 aliphatic rings. The molecule has 4 heteroatoms. The van der Waals surface area contributed by atoms with Crippen molar-refractivity contribution in [2.45, 2.75) is 33.0 Å². The summed E-state index contributed by atoms with van der Waals surface area (Å²) in [4.78, 5) is 14.2. The molecule has 1 aliphatic heterocycles. The minimum atomic E-state index is 0.0376. The third-order valence-corrected chi connectivity index (χ3v) is 3.28. The molecule has 2 rings (SSSR count). The van der Waals surface area contributed by atoms with Crippen LogP contribution >= 0.6 is 0 Å². The molecule has 1 aromatic carbocycles. The summed E-state index contributed by atoms with van der Waals surface area (Å²) in [6, 6.07) is 7.82. The van der Waals surface area contributed by atoms with Crippen LogP contribution < -0.4 is 5.32 Å². The molecule has 0 radical (unpaired) electrons. The van der Waals surface area contributed by atoms with E-state index in [1.807, 2.05) is 45.0 Å². The predicted octanol–water partition coefficient (Wildman–Crippen LogP) is 2.04. The molecule has 1 saturated heterocycles. The topological polar surface area (TPSA) is 41.6 Å². The van der Waals surface area contributed by atoms with Crippen LogP contribution in [0.25, 0.3) is 0 Å². The fourth-order valence-electron chi connectivity index (χ4n) is 2.52. The van der Waals surface area contributed by atoms with Crippen molar-refractivity contribution in [1.82, 2.24) is 4.90 Å². The Kier molecular flexibility index (Phi) is 4.56. The van der Waals surface area contributed by atoms with Crippen LogP contribution in [0.4, 0.5) is 5.69 Å². The quantitative estimate of drug-likeness (QED) is 0.906. The van der Waals surface area contributed by atoms with Crippen molar-refractivity contribution in [1.29, 1.82) is 0 Å². The first-order chi connectivity index (χ1) is 9.04.